The molecule has 9 nitrogen and oxygen atoms in total. The molecule has 1 aliphatic carbocycles. The van der Waals surface area contributed by atoms with Crippen molar-refractivity contribution in [2.75, 3.05) is 40.4 Å². The van der Waals surface area contributed by atoms with E-state index in [-0.39, 0.29) is 37.6 Å². The van der Waals surface area contributed by atoms with Crippen LogP contribution in [-0.2, 0) is 16.1 Å². The van der Waals surface area contributed by atoms with Gasteiger partial charge >= 0.3 is 12.0 Å². The summed E-state index contributed by atoms with van der Waals surface area (Å²) in [6, 6.07) is 12.4. The topological polar surface area (TPSA) is 99.6 Å². The van der Waals surface area contributed by atoms with Crippen LogP contribution < -0.4 is 9.47 Å². The fourth-order valence-corrected chi connectivity index (χ4v) is 4.81. The minimum absolute atomic E-state index is 0.0180. The summed E-state index contributed by atoms with van der Waals surface area (Å²) in [7, 11) is 3.23. The molecule has 10 heteroatoms. The van der Waals surface area contributed by atoms with E-state index in [4.69, 9.17) is 21.1 Å². The van der Waals surface area contributed by atoms with Gasteiger partial charge in [0, 0.05) is 44.2 Å². The Morgan fingerprint density at radius 3 is 2.55 bits per heavy atom. The third kappa shape index (κ3) is 7.17. The zero-order chi connectivity index (χ0) is 27.2. The number of methoxy groups -OCH3 is 1. The SMILES string of the molecule is COc1cc(CN(CC2CC2)C(CC(=O)O)c2ccc(Cl)cc2)ccc1OCCN1C(=O)CCN(C)C1=O. The number of carbonyl (C=O) groups excluding carboxylic acids is 2. The lowest BCUT2D eigenvalue weighted by Crippen LogP contribution is -2.51. The van der Waals surface area contributed by atoms with E-state index in [9.17, 15) is 19.5 Å². The molecular weight excluding hydrogens is 510 g/mol. The van der Waals surface area contributed by atoms with E-state index in [0.29, 0.717) is 41.9 Å². The van der Waals surface area contributed by atoms with Crippen LogP contribution in [0.15, 0.2) is 42.5 Å². The zero-order valence-electron chi connectivity index (χ0n) is 21.8. The molecule has 0 bridgehead atoms. The highest BCUT2D eigenvalue weighted by Gasteiger charge is 2.31. The fraction of sp³-hybridized carbons (Fsp3) is 0.464. The Morgan fingerprint density at radius 2 is 1.89 bits per heavy atom. The molecule has 1 atom stereocenters. The average Bonchev–Trinajstić information content (AvgIpc) is 3.72. The Labute approximate surface area is 227 Å². The van der Waals surface area contributed by atoms with Crippen LogP contribution in [0.2, 0.25) is 5.02 Å². The van der Waals surface area contributed by atoms with E-state index < -0.39 is 5.97 Å². The Balaban J connectivity index is 1.47. The molecular formula is C28H34ClN3O6. The van der Waals surface area contributed by atoms with E-state index in [1.807, 2.05) is 30.3 Å². The maximum absolute atomic E-state index is 12.3. The second kappa shape index (κ2) is 12.5. The van der Waals surface area contributed by atoms with Crippen molar-refractivity contribution in [3.63, 3.8) is 0 Å². The molecule has 0 spiro atoms. The number of urea groups is 1. The summed E-state index contributed by atoms with van der Waals surface area (Å²) in [5, 5.41) is 10.3. The average molecular weight is 544 g/mol. The number of benzene rings is 2. The monoisotopic (exact) mass is 543 g/mol. The number of halogens is 1. The largest absolute Gasteiger partial charge is 0.493 e. The van der Waals surface area contributed by atoms with Gasteiger partial charge in [0.15, 0.2) is 11.5 Å². The smallest absolute Gasteiger partial charge is 0.326 e. The van der Waals surface area contributed by atoms with Crippen molar-refractivity contribution in [3.8, 4) is 11.5 Å². The van der Waals surface area contributed by atoms with Gasteiger partial charge < -0.3 is 19.5 Å². The molecule has 2 aliphatic rings. The lowest BCUT2D eigenvalue weighted by molar-refractivity contribution is -0.138. The summed E-state index contributed by atoms with van der Waals surface area (Å²) in [5.41, 5.74) is 1.87. The van der Waals surface area contributed by atoms with Gasteiger partial charge in [-0.1, -0.05) is 29.8 Å². The molecule has 1 N–H and O–H groups in total. The standard InChI is InChI=1S/C28H34ClN3O6/c1-30-12-11-26(33)32(28(30)36)13-14-38-24-10-5-20(15-25(24)37-2)18-31(17-19-3-4-19)23(16-27(34)35)21-6-8-22(29)9-7-21/h5-10,15,19,23H,3-4,11-14,16-18H2,1-2H3,(H,34,35). The number of imide groups is 1. The quantitative estimate of drug-likeness (QED) is 0.398. The molecule has 1 saturated heterocycles. The lowest BCUT2D eigenvalue weighted by atomic mass is 10.0. The molecule has 2 aromatic carbocycles. The number of hydrogen-bond donors (Lipinski definition) is 1. The summed E-state index contributed by atoms with van der Waals surface area (Å²) < 4.78 is 11.5. The number of carboxylic acid groups (broad SMARTS) is 1. The summed E-state index contributed by atoms with van der Waals surface area (Å²) in [6.45, 7) is 2.06. The number of rotatable bonds is 13. The highest BCUT2D eigenvalue weighted by Crippen LogP contribution is 2.36. The van der Waals surface area contributed by atoms with Crippen LogP contribution in [0.4, 0.5) is 4.79 Å². The van der Waals surface area contributed by atoms with E-state index in [1.165, 1.54) is 9.80 Å². The van der Waals surface area contributed by atoms with Crippen molar-refractivity contribution in [2.24, 2.45) is 5.92 Å². The zero-order valence-corrected chi connectivity index (χ0v) is 22.5. The maximum atomic E-state index is 12.3. The van der Waals surface area contributed by atoms with Gasteiger partial charge in [0.1, 0.15) is 6.61 Å². The molecule has 0 radical (unpaired) electrons. The number of ether oxygens (including phenoxy) is 2. The normalized spacial score (nSPS) is 16.6. The van der Waals surface area contributed by atoms with Crippen molar-refractivity contribution in [2.45, 2.75) is 38.3 Å². The molecule has 2 fully saturated rings. The number of carbonyl (C=O) groups is 3. The van der Waals surface area contributed by atoms with Crippen LogP contribution in [0.5, 0.6) is 11.5 Å². The molecule has 2 aromatic rings. The van der Waals surface area contributed by atoms with Crippen LogP contribution in [0.25, 0.3) is 0 Å². The molecule has 38 heavy (non-hydrogen) atoms. The number of hydrogen-bond acceptors (Lipinski definition) is 6. The maximum Gasteiger partial charge on any atom is 0.326 e. The molecule has 4 rings (SSSR count). The van der Waals surface area contributed by atoms with Crippen LogP contribution in [0.1, 0.15) is 42.9 Å². The molecule has 3 amide bonds. The van der Waals surface area contributed by atoms with E-state index in [0.717, 1.165) is 30.5 Å². The molecule has 0 aromatic heterocycles. The van der Waals surface area contributed by atoms with Crippen LogP contribution in [-0.4, -0.2) is 78.1 Å². The Kier molecular flexibility index (Phi) is 9.12. The lowest BCUT2D eigenvalue weighted by Gasteiger charge is -2.32. The van der Waals surface area contributed by atoms with Gasteiger partial charge in [0.25, 0.3) is 0 Å². The van der Waals surface area contributed by atoms with Crippen molar-refractivity contribution in [1.82, 2.24) is 14.7 Å². The number of nitrogens with zero attached hydrogens (tertiary/aromatic N) is 3. The molecule has 204 valence electrons. The molecule has 1 heterocycles. The second-order valence-corrected chi connectivity index (χ2v) is 10.3. The Bertz CT molecular complexity index is 1150. The number of aliphatic carboxylic acids is 1. The van der Waals surface area contributed by atoms with Crippen molar-refractivity contribution >= 4 is 29.5 Å². The van der Waals surface area contributed by atoms with Crippen LogP contribution in [0.3, 0.4) is 0 Å². The van der Waals surface area contributed by atoms with Gasteiger partial charge in [-0.05, 0) is 54.2 Å². The number of carboxylic acids is 1. The van der Waals surface area contributed by atoms with Gasteiger partial charge in [-0.15, -0.1) is 0 Å². The van der Waals surface area contributed by atoms with E-state index >= 15 is 0 Å². The fourth-order valence-electron chi connectivity index (χ4n) is 4.68. The highest BCUT2D eigenvalue weighted by molar-refractivity contribution is 6.30. The first kappa shape index (κ1) is 27.7. The third-order valence-corrected chi connectivity index (χ3v) is 7.21. The molecule has 1 unspecified atom stereocenters. The van der Waals surface area contributed by atoms with Gasteiger partial charge in [0.05, 0.1) is 20.1 Å². The van der Waals surface area contributed by atoms with E-state index in [1.54, 1.807) is 26.3 Å². The highest BCUT2D eigenvalue weighted by atomic mass is 35.5. The van der Waals surface area contributed by atoms with E-state index in [2.05, 4.69) is 4.90 Å². The predicted octanol–water partition coefficient (Wildman–Crippen LogP) is 4.44. The Hall–Kier alpha value is -3.30. The van der Waals surface area contributed by atoms with Crippen molar-refractivity contribution < 1.29 is 29.0 Å². The minimum atomic E-state index is -0.857. The van der Waals surface area contributed by atoms with Crippen molar-refractivity contribution in [1.29, 1.82) is 0 Å². The summed E-state index contributed by atoms with van der Waals surface area (Å²) in [4.78, 5) is 41.1. The predicted molar refractivity (Wildman–Crippen MR) is 142 cm³/mol. The van der Waals surface area contributed by atoms with Crippen molar-refractivity contribution in [3.05, 3.63) is 58.6 Å². The van der Waals surface area contributed by atoms with Gasteiger partial charge in [-0.2, -0.15) is 0 Å². The van der Waals surface area contributed by atoms with Gasteiger partial charge in [-0.25, -0.2) is 4.79 Å². The third-order valence-electron chi connectivity index (χ3n) is 6.96. The first-order chi connectivity index (χ1) is 18.2. The first-order valence-electron chi connectivity index (χ1n) is 12.8. The minimum Gasteiger partial charge on any atom is -0.493 e. The van der Waals surface area contributed by atoms with Gasteiger partial charge in [-0.3, -0.25) is 19.4 Å². The summed E-state index contributed by atoms with van der Waals surface area (Å²) >= 11 is 6.08. The number of amides is 3. The Morgan fingerprint density at radius 1 is 1.16 bits per heavy atom. The summed E-state index contributed by atoms with van der Waals surface area (Å²) in [6.07, 6.45) is 2.57. The molecule has 1 aliphatic heterocycles. The van der Waals surface area contributed by atoms with Crippen LogP contribution >= 0.6 is 11.6 Å². The van der Waals surface area contributed by atoms with Gasteiger partial charge in [0.2, 0.25) is 5.91 Å². The molecule has 1 saturated carbocycles. The van der Waals surface area contributed by atoms with Crippen LogP contribution in [0, 0.1) is 5.92 Å². The summed E-state index contributed by atoms with van der Waals surface area (Å²) in [5.74, 6) is 0.538. The first-order valence-corrected chi connectivity index (χ1v) is 13.2. The second-order valence-electron chi connectivity index (χ2n) is 9.87.